The van der Waals surface area contributed by atoms with Crippen LogP contribution in [0.25, 0.3) is 0 Å². The van der Waals surface area contributed by atoms with E-state index in [1.165, 1.54) is 19.2 Å². The number of amides is 2. The van der Waals surface area contributed by atoms with Gasteiger partial charge in [0.2, 0.25) is 12.2 Å². The van der Waals surface area contributed by atoms with Crippen LogP contribution in [0.2, 0.25) is 0 Å². The van der Waals surface area contributed by atoms with E-state index < -0.39 is 71.2 Å². The Hall–Kier alpha value is -3.51. The maximum atomic E-state index is 14.4. The third kappa shape index (κ3) is 9.53. The van der Waals surface area contributed by atoms with Crippen LogP contribution in [0.1, 0.15) is 39.2 Å². The Morgan fingerprint density at radius 1 is 1.04 bits per heavy atom. The average Bonchev–Trinajstić information content (AvgIpc) is 3.58. The molecule has 47 heavy (non-hydrogen) atoms. The van der Waals surface area contributed by atoms with Crippen molar-refractivity contribution in [1.82, 2.24) is 14.9 Å². The minimum Gasteiger partial charge on any atom is -0.460 e. The van der Waals surface area contributed by atoms with Crippen LogP contribution in [0.15, 0.2) is 52.9 Å². The summed E-state index contributed by atoms with van der Waals surface area (Å²) in [5.74, 6) is -0.115. The lowest BCUT2D eigenvalue weighted by molar-refractivity contribution is -0.277. The second kappa shape index (κ2) is 15.6. The number of nitrogens with one attached hydrogen (secondary N) is 2. The Bertz CT molecular complexity index is 1490. The first-order valence-electron chi connectivity index (χ1n) is 15.3. The van der Waals surface area contributed by atoms with Gasteiger partial charge in [-0.25, -0.2) is 4.79 Å². The molecule has 6 N–H and O–H groups in total. The van der Waals surface area contributed by atoms with Crippen molar-refractivity contribution in [2.75, 3.05) is 26.7 Å². The summed E-state index contributed by atoms with van der Waals surface area (Å²) in [5.41, 5.74) is 0.0562. The van der Waals surface area contributed by atoms with Gasteiger partial charge in [0, 0.05) is 26.6 Å². The van der Waals surface area contributed by atoms with Gasteiger partial charge >= 0.3 is 6.09 Å². The number of para-hydroxylation sites is 1. The number of alkyl carbamates (subject to hydrolysis) is 1. The molecule has 16 heteroatoms. The van der Waals surface area contributed by atoms with E-state index in [-0.39, 0.29) is 23.6 Å². The molecule has 2 fully saturated rings. The molecule has 15 nitrogen and oxygen atoms in total. The number of benzene rings is 2. The Morgan fingerprint density at radius 3 is 2.32 bits per heavy atom. The zero-order valence-electron chi connectivity index (χ0n) is 26.8. The standard InChI is InChI=1S/C31H44N4O11S/c1-31(2,3)45-30(41)33-22(28(40)32-4)17-19-11-13-20(14-12-19)46-47(42,35-15-7-8-16-35)34-21-9-5-6-10-23(21)43-29-27(39)26(38)25(37)24(18-36)44-29/h5-6,9-14,22,24-27,29,36-39H,7-8,15-18H2,1-4H3,(H,32,40)(H,33,41)/t22-,24+,25+,26-,27+,29+,47?/m0/s1. The summed E-state index contributed by atoms with van der Waals surface area (Å²) in [6.07, 6.45) is -6.52. The summed E-state index contributed by atoms with van der Waals surface area (Å²) in [6.45, 7) is 5.45. The summed E-state index contributed by atoms with van der Waals surface area (Å²) in [7, 11) is -2.10. The maximum absolute atomic E-state index is 14.4. The number of hydrogen-bond donors (Lipinski definition) is 6. The third-order valence-electron chi connectivity index (χ3n) is 7.38. The van der Waals surface area contributed by atoms with Gasteiger partial charge in [-0.15, -0.1) is 4.36 Å². The molecule has 7 atom stereocenters. The van der Waals surface area contributed by atoms with E-state index in [0.29, 0.717) is 18.7 Å². The molecule has 4 rings (SSSR count). The molecule has 2 aliphatic heterocycles. The molecule has 1 unspecified atom stereocenters. The molecule has 0 saturated carbocycles. The molecule has 2 heterocycles. The van der Waals surface area contributed by atoms with Crippen LogP contribution in [0.3, 0.4) is 0 Å². The Morgan fingerprint density at radius 2 is 1.70 bits per heavy atom. The molecule has 2 amide bonds. The fourth-order valence-electron chi connectivity index (χ4n) is 4.97. The van der Waals surface area contributed by atoms with Crippen molar-refractivity contribution in [3.8, 4) is 11.5 Å². The maximum Gasteiger partial charge on any atom is 0.408 e. The minimum atomic E-state index is -3.56. The number of carbonyl (C=O) groups excluding carboxylic acids is 2. The van der Waals surface area contributed by atoms with Crippen molar-refractivity contribution in [3.63, 3.8) is 0 Å². The lowest BCUT2D eigenvalue weighted by Crippen LogP contribution is -2.60. The quantitative estimate of drug-likeness (QED) is 0.198. The van der Waals surface area contributed by atoms with E-state index in [2.05, 4.69) is 15.0 Å². The normalized spacial score (nSPS) is 25.2. The fourth-order valence-corrected chi connectivity index (χ4v) is 6.71. The first kappa shape index (κ1) is 36.3. The number of aliphatic hydroxyl groups is 4. The molecule has 0 bridgehead atoms. The predicted octanol–water partition coefficient (Wildman–Crippen LogP) is 1.15. The second-order valence-electron chi connectivity index (χ2n) is 12.2. The molecule has 0 radical (unpaired) electrons. The van der Waals surface area contributed by atoms with Crippen molar-refractivity contribution in [2.24, 2.45) is 4.36 Å². The van der Waals surface area contributed by atoms with Crippen molar-refractivity contribution in [3.05, 3.63) is 54.1 Å². The highest BCUT2D eigenvalue weighted by atomic mass is 32.2. The number of nitrogens with zero attached hydrogens (tertiary/aromatic N) is 2. The van der Waals surface area contributed by atoms with Crippen molar-refractivity contribution >= 4 is 27.9 Å². The second-order valence-corrected chi connectivity index (χ2v) is 14.0. The number of likely N-dealkylation sites (N-methyl/N-ethyl adjacent to an activating group) is 1. The summed E-state index contributed by atoms with van der Waals surface area (Å²) in [5, 5.41) is 45.4. The largest absolute Gasteiger partial charge is 0.460 e. The Labute approximate surface area is 274 Å². The highest BCUT2D eigenvalue weighted by Crippen LogP contribution is 2.34. The van der Waals surface area contributed by atoms with Crippen LogP contribution < -0.4 is 19.6 Å². The molecule has 2 aromatic carbocycles. The monoisotopic (exact) mass is 680 g/mol. The number of ether oxygens (including phenoxy) is 3. The van der Waals surface area contributed by atoms with Gasteiger partial charge < -0.3 is 49.5 Å². The lowest BCUT2D eigenvalue weighted by atomic mass is 9.99. The van der Waals surface area contributed by atoms with E-state index in [4.69, 9.17) is 18.4 Å². The van der Waals surface area contributed by atoms with Crippen LogP contribution in [-0.2, 0) is 30.9 Å². The first-order valence-corrected chi connectivity index (χ1v) is 16.7. The van der Waals surface area contributed by atoms with Crippen molar-refractivity contribution in [2.45, 2.75) is 82.4 Å². The van der Waals surface area contributed by atoms with E-state index in [9.17, 15) is 34.2 Å². The molecular weight excluding hydrogens is 636 g/mol. The SMILES string of the molecule is CNC(=O)[C@H](Cc1ccc(OS(=O)(=Nc2ccccc2O[C@@H]2O[C@H](CO)[C@@H](O)[C@H](O)[C@H]2O)N2CCCC2)cc1)NC(=O)OC(C)(C)C. The molecule has 0 aromatic heterocycles. The van der Waals surface area contributed by atoms with Gasteiger partial charge in [-0.05, 0) is 63.4 Å². The smallest absolute Gasteiger partial charge is 0.408 e. The minimum absolute atomic E-state index is 0.0560. The zero-order chi connectivity index (χ0) is 34.4. The summed E-state index contributed by atoms with van der Waals surface area (Å²) >= 11 is 0. The topological polar surface area (TPSA) is 209 Å². The molecular formula is C31H44N4O11S. The third-order valence-corrected chi connectivity index (χ3v) is 9.24. The zero-order valence-corrected chi connectivity index (χ0v) is 27.6. The van der Waals surface area contributed by atoms with E-state index in [1.54, 1.807) is 61.5 Å². The highest BCUT2D eigenvalue weighted by Gasteiger charge is 2.45. The highest BCUT2D eigenvalue weighted by molar-refractivity contribution is 7.87. The molecule has 0 spiro atoms. The van der Waals surface area contributed by atoms with Gasteiger partial charge in [0.25, 0.3) is 10.2 Å². The number of rotatable bonds is 11. The van der Waals surface area contributed by atoms with Crippen molar-refractivity contribution < 1.29 is 52.6 Å². The van der Waals surface area contributed by atoms with E-state index in [0.717, 1.165) is 12.8 Å². The van der Waals surface area contributed by atoms with Crippen LogP contribution >= 0.6 is 0 Å². The van der Waals surface area contributed by atoms with Crippen LogP contribution in [0, 0.1) is 0 Å². The number of carbonyl (C=O) groups is 2. The molecule has 260 valence electrons. The van der Waals surface area contributed by atoms with Crippen LogP contribution in [-0.4, -0.2) is 110 Å². The summed E-state index contributed by atoms with van der Waals surface area (Å²) < 4.78 is 43.2. The van der Waals surface area contributed by atoms with Crippen LogP contribution in [0.5, 0.6) is 11.5 Å². The first-order chi connectivity index (χ1) is 22.2. The number of hydrogen-bond acceptors (Lipinski definition) is 12. The number of aliphatic hydroxyl groups excluding tert-OH is 4. The van der Waals surface area contributed by atoms with Gasteiger partial charge in [0.15, 0.2) is 0 Å². The van der Waals surface area contributed by atoms with Gasteiger partial charge in [-0.3, -0.25) is 4.79 Å². The van der Waals surface area contributed by atoms with Gasteiger partial charge in [0.05, 0.1) is 6.61 Å². The van der Waals surface area contributed by atoms with Gasteiger partial charge in [-0.1, -0.05) is 24.3 Å². The Kier molecular flexibility index (Phi) is 12.1. The van der Waals surface area contributed by atoms with Gasteiger partial charge in [0.1, 0.15) is 53.2 Å². The Balaban J connectivity index is 1.56. The molecule has 2 aromatic rings. The lowest BCUT2D eigenvalue weighted by Gasteiger charge is -2.39. The van der Waals surface area contributed by atoms with E-state index >= 15 is 0 Å². The summed E-state index contributed by atoms with van der Waals surface area (Å²) in [4.78, 5) is 24.8. The van der Waals surface area contributed by atoms with Crippen molar-refractivity contribution in [1.29, 1.82) is 0 Å². The molecule has 2 saturated heterocycles. The van der Waals surface area contributed by atoms with E-state index in [1.807, 2.05) is 0 Å². The molecule has 0 aliphatic carbocycles. The van der Waals surface area contributed by atoms with Crippen LogP contribution in [0.4, 0.5) is 10.5 Å². The fraction of sp³-hybridized carbons (Fsp3) is 0.548. The predicted molar refractivity (Wildman–Crippen MR) is 170 cm³/mol. The molecule has 2 aliphatic rings. The average molecular weight is 681 g/mol. The summed E-state index contributed by atoms with van der Waals surface area (Å²) in [6, 6.07) is 11.9. The van der Waals surface area contributed by atoms with Gasteiger partial charge in [-0.2, -0.15) is 8.51 Å².